The van der Waals surface area contributed by atoms with E-state index in [2.05, 4.69) is 20.2 Å². The number of fused-ring (bicyclic) bond motifs is 1. The zero-order valence-corrected chi connectivity index (χ0v) is 12.0. The molecule has 0 N–H and O–H groups in total. The van der Waals surface area contributed by atoms with Crippen molar-refractivity contribution in [2.24, 2.45) is 0 Å². The fourth-order valence-corrected chi connectivity index (χ4v) is 2.33. The Labute approximate surface area is 131 Å². The van der Waals surface area contributed by atoms with Gasteiger partial charge in [-0.05, 0) is 18.2 Å². The highest BCUT2D eigenvalue weighted by Crippen LogP contribution is 2.28. The predicted octanol–water partition coefficient (Wildman–Crippen LogP) is 3.18. The Morgan fingerprint density at radius 2 is 1.91 bits per heavy atom. The molecule has 112 valence electrons. The van der Waals surface area contributed by atoms with Crippen LogP contribution in [0.2, 0.25) is 0 Å². The maximum absolute atomic E-state index is 6.07. The van der Waals surface area contributed by atoms with Gasteiger partial charge in [-0.25, -0.2) is 9.97 Å². The molecule has 1 aromatic carbocycles. The number of pyridine rings is 2. The van der Waals surface area contributed by atoms with Crippen molar-refractivity contribution in [3.63, 3.8) is 0 Å². The summed E-state index contributed by atoms with van der Waals surface area (Å²) in [4.78, 5) is 8.51. The largest absolute Gasteiger partial charge is 0.474 e. The lowest BCUT2D eigenvalue weighted by atomic mass is 10.1. The van der Waals surface area contributed by atoms with E-state index in [0.717, 1.165) is 10.9 Å². The Bertz CT molecular complexity index is 910. The van der Waals surface area contributed by atoms with Gasteiger partial charge in [0.25, 0.3) is 5.89 Å². The van der Waals surface area contributed by atoms with E-state index < -0.39 is 6.10 Å². The second-order valence-corrected chi connectivity index (χ2v) is 4.91. The molecule has 0 saturated carbocycles. The molecular weight excluding hydrogens is 292 g/mol. The van der Waals surface area contributed by atoms with Gasteiger partial charge in [-0.15, -0.1) is 10.2 Å². The van der Waals surface area contributed by atoms with Crippen LogP contribution in [0.1, 0.15) is 17.6 Å². The van der Waals surface area contributed by atoms with Crippen LogP contribution in [0.25, 0.3) is 11.0 Å². The van der Waals surface area contributed by atoms with E-state index >= 15 is 0 Å². The van der Waals surface area contributed by atoms with Crippen LogP contribution in [0.4, 0.5) is 0 Å². The van der Waals surface area contributed by atoms with Crippen LogP contribution in [-0.2, 0) is 0 Å². The van der Waals surface area contributed by atoms with Gasteiger partial charge in [-0.2, -0.15) is 0 Å². The van der Waals surface area contributed by atoms with Gasteiger partial charge < -0.3 is 9.15 Å². The van der Waals surface area contributed by atoms with Crippen molar-refractivity contribution >= 4 is 11.0 Å². The maximum atomic E-state index is 6.07. The van der Waals surface area contributed by atoms with Gasteiger partial charge in [-0.3, -0.25) is 0 Å². The lowest BCUT2D eigenvalue weighted by Gasteiger charge is -2.16. The molecule has 3 heterocycles. The topological polar surface area (TPSA) is 73.9 Å². The molecule has 4 rings (SSSR count). The standard InChI is InChI=1S/C17H12N4O2/c1-2-5-12(6-3-1)15(17-21-20-11-22-17)23-14-9-13-7-4-8-18-16(13)19-10-14/h1-11,15H. The number of rotatable bonds is 4. The average Bonchev–Trinajstić information content (AvgIpc) is 3.14. The van der Waals surface area contributed by atoms with Gasteiger partial charge in [0.15, 0.2) is 5.65 Å². The Kier molecular flexibility index (Phi) is 3.40. The lowest BCUT2D eigenvalue weighted by molar-refractivity contribution is 0.207. The third-order valence-electron chi connectivity index (χ3n) is 3.39. The predicted molar refractivity (Wildman–Crippen MR) is 82.7 cm³/mol. The summed E-state index contributed by atoms with van der Waals surface area (Å²) >= 11 is 0. The maximum Gasteiger partial charge on any atom is 0.261 e. The highest BCUT2D eigenvalue weighted by molar-refractivity contribution is 5.75. The first kappa shape index (κ1) is 13.4. The highest BCUT2D eigenvalue weighted by atomic mass is 16.5. The van der Waals surface area contributed by atoms with Gasteiger partial charge in [0.05, 0.1) is 6.20 Å². The minimum atomic E-state index is -0.491. The molecule has 0 spiro atoms. The summed E-state index contributed by atoms with van der Waals surface area (Å²) in [6.45, 7) is 0. The first-order valence-corrected chi connectivity index (χ1v) is 7.08. The SMILES string of the molecule is c1ccc(C(Oc2cnc3ncccc3c2)c2nnco2)cc1. The van der Waals surface area contributed by atoms with Crippen molar-refractivity contribution in [1.82, 2.24) is 20.2 Å². The summed E-state index contributed by atoms with van der Waals surface area (Å²) in [7, 11) is 0. The van der Waals surface area contributed by atoms with Crippen LogP contribution < -0.4 is 4.74 Å². The monoisotopic (exact) mass is 304 g/mol. The van der Waals surface area contributed by atoms with Crippen LogP contribution in [0, 0.1) is 0 Å². The fraction of sp³-hybridized carbons (Fsp3) is 0.0588. The number of ether oxygens (including phenoxy) is 1. The molecule has 0 aliphatic carbocycles. The van der Waals surface area contributed by atoms with E-state index in [0.29, 0.717) is 17.3 Å². The van der Waals surface area contributed by atoms with Gasteiger partial charge in [0.2, 0.25) is 12.5 Å². The summed E-state index contributed by atoms with van der Waals surface area (Å²) in [6, 6.07) is 15.4. The Morgan fingerprint density at radius 1 is 1.00 bits per heavy atom. The molecule has 4 aromatic rings. The molecule has 6 heteroatoms. The number of nitrogens with zero attached hydrogens (tertiary/aromatic N) is 4. The van der Waals surface area contributed by atoms with Crippen molar-refractivity contribution in [3.05, 3.63) is 78.8 Å². The minimum absolute atomic E-state index is 0.391. The third kappa shape index (κ3) is 2.74. The Hall–Kier alpha value is -3.28. The molecule has 0 aliphatic rings. The van der Waals surface area contributed by atoms with Crippen LogP contribution in [0.5, 0.6) is 5.75 Å². The van der Waals surface area contributed by atoms with Crippen LogP contribution >= 0.6 is 0 Å². The van der Waals surface area contributed by atoms with E-state index in [9.17, 15) is 0 Å². The van der Waals surface area contributed by atoms with E-state index in [1.165, 1.54) is 6.39 Å². The van der Waals surface area contributed by atoms with Crippen molar-refractivity contribution < 1.29 is 9.15 Å². The molecule has 0 fully saturated rings. The van der Waals surface area contributed by atoms with Gasteiger partial charge in [0.1, 0.15) is 5.75 Å². The van der Waals surface area contributed by atoms with Gasteiger partial charge in [0, 0.05) is 17.1 Å². The quantitative estimate of drug-likeness (QED) is 0.576. The summed E-state index contributed by atoms with van der Waals surface area (Å²) in [5.41, 5.74) is 1.59. The highest BCUT2D eigenvalue weighted by Gasteiger charge is 2.21. The number of hydrogen-bond acceptors (Lipinski definition) is 6. The van der Waals surface area contributed by atoms with Crippen molar-refractivity contribution in [3.8, 4) is 5.75 Å². The van der Waals surface area contributed by atoms with Gasteiger partial charge >= 0.3 is 0 Å². The molecule has 0 aliphatic heterocycles. The average molecular weight is 304 g/mol. The second kappa shape index (κ2) is 5.84. The minimum Gasteiger partial charge on any atom is -0.474 e. The number of hydrogen-bond donors (Lipinski definition) is 0. The normalized spacial score (nSPS) is 12.2. The van der Waals surface area contributed by atoms with E-state index in [1.54, 1.807) is 12.4 Å². The summed E-state index contributed by atoms with van der Waals surface area (Å²) in [5.74, 6) is 1.00. The lowest BCUT2D eigenvalue weighted by Crippen LogP contribution is -2.10. The summed E-state index contributed by atoms with van der Waals surface area (Å²) in [6.07, 6.45) is 4.15. The molecule has 1 atom stereocenters. The van der Waals surface area contributed by atoms with Crippen LogP contribution in [-0.4, -0.2) is 20.2 Å². The molecule has 3 aromatic heterocycles. The molecule has 1 unspecified atom stereocenters. The van der Waals surface area contributed by atoms with E-state index in [4.69, 9.17) is 9.15 Å². The Morgan fingerprint density at radius 3 is 2.74 bits per heavy atom. The summed E-state index contributed by atoms with van der Waals surface area (Å²) < 4.78 is 11.4. The molecule has 0 amide bonds. The fourth-order valence-electron chi connectivity index (χ4n) is 2.33. The van der Waals surface area contributed by atoms with E-state index in [-0.39, 0.29) is 0 Å². The van der Waals surface area contributed by atoms with Crippen molar-refractivity contribution in [1.29, 1.82) is 0 Å². The second-order valence-electron chi connectivity index (χ2n) is 4.91. The summed E-state index contributed by atoms with van der Waals surface area (Å²) in [5, 5.41) is 8.62. The zero-order valence-electron chi connectivity index (χ0n) is 12.0. The number of aromatic nitrogens is 4. The zero-order chi connectivity index (χ0) is 15.5. The molecule has 0 bridgehead atoms. The van der Waals surface area contributed by atoms with Gasteiger partial charge in [-0.1, -0.05) is 30.3 Å². The van der Waals surface area contributed by atoms with Crippen LogP contribution in [0.3, 0.4) is 0 Å². The smallest absolute Gasteiger partial charge is 0.261 e. The molecule has 23 heavy (non-hydrogen) atoms. The van der Waals surface area contributed by atoms with Crippen LogP contribution in [0.15, 0.2) is 71.7 Å². The van der Waals surface area contributed by atoms with Crippen molar-refractivity contribution in [2.45, 2.75) is 6.10 Å². The first-order chi connectivity index (χ1) is 11.4. The molecule has 0 saturated heterocycles. The van der Waals surface area contributed by atoms with Crippen molar-refractivity contribution in [2.75, 3.05) is 0 Å². The van der Waals surface area contributed by atoms with E-state index in [1.807, 2.05) is 48.5 Å². The first-order valence-electron chi connectivity index (χ1n) is 7.08. The molecule has 0 radical (unpaired) electrons. The Balaban J connectivity index is 1.72. The molecular formula is C17H12N4O2. The molecule has 6 nitrogen and oxygen atoms in total. The number of benzene rings is 1. The third-order valence-corrected chi connectivity index (χ3v) is 3.39.